The first-order valence-corrected chi connectivity index (χ1v) is 8.56. The van der Waals surface area contributed by atoms with Crippen LogP contribution in [-0.4, -0.2) is 23.5 Å². The Morgan fingerprint density at radius 2 is 2.12 bits per heavy atom. The van der Waals surface area contributed by atoms with Crippen LogP contribution >= 0.6 is 15.9 Å². The first-order valence-electron chi connectivity index (χ1n) is 7.77. The monoisotopic (exact) mass is 409 g/mol. The van der Waals surface area contributed by atoms with Crippen molar-refractivity contribution in [3.8, 4) is 0 Å². The smallest absolute Gasteiger partial charge is 0.317 e. The fraction of sp³-hybridized carbons (Fsp3) is 0.412. The van der Waals surface area contributed by atoms with Gasteiger partial charge in [0.2, 0.25) is 0 Å². The Morgan fingerprint density at radius 3 is 2.72 bits per heavy atom. The van der Waals surface area contributed by atoms with Crippen molar-refractivity contribution in [3.05, 3.63) is 34.1 Å². The van der Waals surface area contributed by atoms with Crippen LogP contribution in [0.15, 0.2) is 44.4 Å². The van der Waals surface area contributed by atoms with E-state index in [0.717, 1.165) is 0 Å². The molecule has 2 rings (SSSR count). The zero-order valence-electron chi connectivity index (χ0n) is 14.2. The maximum Gasteiger partial charge on any atom is 0.317 e. The highest BCUT2D eigenvalue weighted by molar-refractivity contribution is 9.10. The van der Waals surface area contributed by atoms with E-state index in [1.807, 2.05) is 0 Å². The number of carbonyl (C=O) groups excluding carboxylic acids is 2. The average Bonchev–Trinajstić information content (AvgIpc) is 2.47. The molecule has 0 aromatic heterocycles. The van der Waals surface area contributed by atoms with Crippen LogP contribution in [0.5, 0.6) is 0 Å². The number of nitrogens with two attached hydrogens (primary N) is 1. The molecule has 0 spiro atoms. The number of nitrogens with zero attached hydrogens (tertiary/aromatic N) is 2. The van der Waals surface area contributed by atoms with Crippen LogP contribution in [-0.2, 0) is 14.3 Å². The van der Waals surface area contributed by atoms with Crippen molar-refractivity contribution in [1.82, 2.24) is 0 Å². The number of nitrogen functional groups attached to an aromatic ring is 1. The Morgan fingerprint density at radius 1 is 1.44 bits per heavy atom. The minimum absolute atomic E-state index is 0.0534. The number of halogens is 1. The molecule has 1 unspecified atom stereocenters. The summed E-state index contributed by atoms with van der Waals surface area (Å²) in [5.41, 5.74) is 5.66. The molecule has 1 aliphatic rings. The summed E-state index contributed by atoms with van der Waals surface area (Å²) in [5, 5.41) is 18.4. The number of hydrogen-bond donors (Lipinski definition) is 2. The molecule has 0 fully saturated rings. The molecule has 1 aliphatic carbocycles. The van der Waals surface area contributed by atoms with Crippen LogP contribution in [0.2, 0.25) is 0 Å². The van der Waals surface area contributed by atoms with Crippen LogP contribution in [0.4, 0.5) is 11.4 Å². The summed E-state index contributed by atoms with van der Waals surface area (Å²) in [5.74, 6) is -2.33. The largest absolute Gasteiger partial charge is 0.509 e. The highest BCUT2D eigenvalue weighted by atomic mass is 79.9. The average molecular weight is 410 g/mol. The first-order chi connectivity index (χ1) is 11.7. The number of ether oxygens (including phenoxy) is 1. The predicted octanol–water partition coefficient (Wildman–Crippen LogP) is 4.06. The van der Waals surface area contributed by atoms with Crippen molar-refractivity contribution in [1.29, 1.82) is 0 Å². The van der Waals surface area contributed by atoms with E-state index in [-0.39, 0.29) is 24.5 Å². The normalized spacial score (nSPS) is 20.2. The lowest BCUT2D eigenvalue weighted by Crippen LogP contribution is -2.40. The summed E-state index contributed by atoms with van der Waals surface area (Å²) < 4.78 is 5.63. The zero-order chi connectivity index (χ0) is 18.8. The fourth-order valence-electron chi connectivity index (χ4n) is 2.72. The van der Waals surface area contributed by atoms with Gasteiger partial charge in [-0.2, -0.15) is 0 Å². The molecular formula is C17H20BrN3O4. The number of rotatable bonds is 4. The van der Waals surface area contributed by atoms with E-state index >= 15 is 0 Å². The van der Waals surface area contributed by atoms with Gasteiger partial charge in [0, 0.05) is 16.6 Å². The van der Waals surface area contributed by atoms with Crippen molar-refractivity contribution in [2.24, 2.45) is 21.6 Å². The second-order valence-corrected chi connectivity index (χ2v) is 7.27. The van der Waals surface area contributed by atoms with Gasteiger partial charge in [0.25, 0.3) is 0 Å². The molecule has 7 nitrogen and oxygen atoms in total. The molecule has 8 heteroatoms. The number of anilines is 1. The standard InChI is InChI=1S/C17H20BrN3O4/c1-4-25-16(24)13-15(23)14(12(22)8-17(13,2)3)21-20-11-6-5-9(19)7-10(11)18/h5-7,13,23H,4,8,19H2,1-3H3. The number of allylic oxidation sites excluding steroid dienone is 1. The van der Waals surface area contributed by atoms with Gasteiger partial charge >= 0.3 is 5.97 Å². The molecule has 0 radical (unpaired) electrons. The zero-order valence-corrected chi connectivity index (χ0v) is 15.8. The molecule has 1 aromatic carbocycles. The van der Waals surface area contributed by atoms with E-state index in [1.54, 1.807) is 39.0 Å². The Labute approximate surface area is 154 Å². The van der Waals surface area contributed by atoms with E-state index in [4.69, 9.17) is 10.5 Å². The number of hydrogen-bond acceptors (Lipinski definition) is 7. The number of ketones is 1. The highest BCUT2D eigenvalue weighted by Crippen LogP contribution is 2.42. The van der Waals surface area contributed by atoms with Gasteiger partial charge in [-0.1, -0.05) is 13.8 Å². The molecule has 1 atom stereocenters. The molecule has 0 heterocycles. The Bertz CT molecular complexity index is 771. The summed E-state index contributed by atoms with van der Waals surface area (Å²) in [6, 6.07) is 4.91. The van der Waals surface area contributed by atoms with E-state index in [2.05, 4.69) is 26.2 Å². The highest BCUT2D eigenvalue weighted by Gasteiger charge is 2.47. The molecule has 134 valence electrons. The molecule has 0 aliphatic heterocycles. The SMILES string of the molecule is CCOC(=O)C1C(O)=C(N=Nc2ccc(N)cc2Br)C(=O)CC1(C)C. The predicted molar refractivity (Wildman–Crippen MR) is 96.3 cm³/mol. The summed E-state index contributed by atoms with van der Waals surface area (Å²) in [6.45, 7) is 5.32. The van der Waals surface area contributed by atoms with Gasteiger partial charge < -0.3 is 15.6 Å². The van der Waals surface area contributed by atoms with E-state index in [1.165, 1.54) is 0 Å². The molecule has 0 saturated heterocycles. The topological polar surface area (TPSA) is 114 Å². The van der Waals surface area contributed by atoms with Crippen molar-refractivity contribution >= 4 is 39.1 Å². The minimum atomic E-state index is -0.964. The van der Waals surface area contributed by atoms with Crippen molar-refractivity contribution < 1.29 is 19.4 Å². The Kier molecular flexibility index (Phi) is 5.62. The number of aliphatic hydroxyl groups excluding tert-OH is 1. The maximum atomic E-state index is 12.4. The van der Waals surface area contributed by atoms with Gasteiger partial charge in [-0.3, -0.25) is 9.59 Å². The summed E-state index contributed by atoms with van der Waals surface area (Å²) in [6.07, 6.45) is 0.0534. The van der Waals surface area contributed by atoms with Crippen LogP contribution in [0.3, 0.4) is 0 Å². The lowest BCUT2D eigenvalue weighted by atomic mass is 9.70. The third kappa shape index (κ3) is 4.07. The lowest BCUT2D eigenvalue weighted by molar-refractivity contribution is -0.152. The number of Topliss-reactive ketones (excluding diaryl/α,β-unsaturated/α-hetero) is 1. The molecule has 3 N–H and O–H groups in total. The van der Waals surface area contributed by atoms with Crippen molar-refractivity contribution in [3.63, 3.8) is 0 Å². The number of aliphatic hydroxyl groups is 1. The maximum absolute atomic E-state index is 12.4. The van der Waals surface area contributed by atoms with Crippen LogP contribution < -0.4 is 5.73 Å². The Balaban J connectivity index is 2.43. The minimum Gasteiger partial charge on any atom is -0.509 e. The van der Waals surface area contributed by atoms with Crippen molar-refractivity contribution in [2.45, 2.75) is 27.2 Å². The van der Waals surface area contributed by atoms with E-state index < -0.39 is 23.1 Å². The van der Waals surface area contributed by atoms with Gasteiger partial charge in [-0.25, -0.2) is 0 Å². The number of carbonyl (C=O) groups is 2. The van der Waals surface area contributed by atoms with E-state index in [0.29, 0.717) is 15.8 Å². The van der Waals surface area contributed by atoms with Crippen LogP contribution in [0, 0.1) is 11.3 Å². The number of esters is 1. The summed E-state index contributed by atoms with van der Waals surface area (Å²) in [7, 11) is 0. The number of benzene rings is 1. The van der Waals surface area contributed by atoms with Gasteiger partial charge in [-0.05, 0) is 46.5 Å². The summed E-state index contributed by atoms with van der Waals surface area (Å²) >= 11 is 3.30. The van der Waals surface area contributed by atoms with Gasteiger partial charge in [0.1, 0.15) is 11.7 Å². The molecular weight excluding hydrogens is 390 g/mol. The van der Waals surface area contributed by atoms with Crippen LogP contribution in [0.25, 0.3) is 0 Å². The quantitative estimate of drug-likeness (QED) is 0.441. The molecule has 0 amide bonds. The second-order valence-electron chi connectivity index (χ2n) is 6.42. The first kappa shape index (κ1) is 19.1. The van der Waals surface area contributed by atoms with Gasteiger partial charge in [-0.15, -0.1) is 10.2 Å². The fourth-order valence-corrected chi connectivity index (χ4v) is 3.20. The molecule has 0 bridgehead atoms. The third-order valence-electron chi connectivity index (χ3n) is 3.93. The van der Waals surface area contributed by atoms with Gasteiger partial charge in [0.15, 0.2) is 11.5 Å². The lowest BCUT2D eigenvalue weighted by Gasteiger charge is -2.35. The second kappa shape index (κ2) is 7.35. The van der Waals surface area contributed by atoms with Gasteiger partial charge in [0.05, 0.1) is 12.3 Å². The van der Waals surface area contributed by atoms with E-state index in [9.17, 15) is 14.7 Å². The molecule has 0 saturated carbocycles. The molecule has 1 aromatic rings. The Hall–Kier alpha value is -2.22. The molecule has 25 heavy (non-hydrogen) atoms. The summed E-state index contributed by atoms with van der Waals surface area (Å²) in [4.78, 5) is 24.6. The van der Waals surface area contributed by atoms with Crippen LogP contribution in [0.1, 0.15) is 27.2 Å². The third-order valence-corrected chi connectivity index (χ3v) is 4.56. The van der Waals surface area contributed by atoms with Crippen molar-refractivity contribution in [2.75, 3.05) is 12.3 Å². The number of azo groups is 1.